The standard InChI is InChI=1S/C19H27N5O2S2/c1-21-18(13-16-7-12-28(25,26)14-16)20-24(19(21)27)15-22-8-10-23(11-9-22)17-5-3-2-4-6-17/h2-6,16H,7-15H2,1H3/p+1/t16-/m1/s1. The highest BCUT2D eigenvalue weighted by Crippen LogP contribution is 2.22. The average molecular weight is 423 g/mol. The van der Waals surface area contributed by atoms with Gasteiger partial charge < -0.3 is 14.4 Å². The van der Waals surface area contributed by atoms with Crippen molar-refractivity contribution in [3.8, 4) is 0 Å². The number of hydrogen-bond donors (Lipinski definition) is 1. The highest BCUT2D eigenvalue weighted by atomic mass is 32.2. The average Bonchev–Trinajstić information content (AvgIpc) is 3.17. The molecule has 2 fully saturated rings. The molecule has 9 heteroatoms. The van der Waals surface area contributed by atoms with Crippen LogP contribution in [0.25, 0.3) is 0 Å². The largest absolute Gasteiger partial charge is 0.360 e. The molecule has 7 nitrogen and oxygen atoms in total. The van der Waals surface area contributed by atoms with Gasteiger partial charge in [-0.2, -0.15) is 9.78 Å². The summed E-state index contributed by atoms with van der Waals surface area (Å²) in [5.41, 5.74) is 1.28. The Bertz CT molecular complexity index is 975. The van der Waals surface area contributed by atoms with E-state index in [-0.39, 0.29) is 11.7 Å². The number of nitrogens with zero attached hydrogens (tertiary/aromatic N) is 4. The van der Waals surface area contributed by atoms with Crippen LogP contribution in [-0.4, -0.2) is 60.5 Å². The van der Waals surface area contributed by atoms with Gasteiger partial charge >= 0.3 is 0 Å². The summed E-state index contributed by atoms with van der Waals surface area (Å²) in [7, 11) is -0.923. The van der Waals surface area contributed by atoms with Crippen molar-refractivity contribution in [2.75, 3.05) is 42.6 Å². The monoisotopic (exact) mass is 422 g/mol. The first-order chi connectivity index (χ1) is 13.4. The van der Waals surface area contributed by atoms with Gasteiger partial charge in [-0.15, -0.1) is 0 Å². The maximum absolute atomic E-state index is 11.7. The smallest absolute Gasteiger partial charge is 0.202 e. The lowest BCUT2D eigenvalue weighted by Crippen LogP contribution is -3.14. The zero-order chi connectivity index (χ0) is 19.7. The fourth-order valence-corrected chi connectivity index (χ4v) is 6.27. The van der Waals surface area contributed by atoms with Gasteiger partial charge in [0.15, 0.2) is 16.5 Å². The number of piperazine rings is 1. The lowest BCUT2D eigenvalue weighted by molar-refractivity contribution is -0.924. The summed E-state index contributed by atoms with van der Waals surface area (Å²) in [6, 6.07) is 10.5. The van der Waals surface area contributed by atoms with E-state index in [1.54, 1.807) is 0 Å². The Morgan fingerprint density at radius 2 is 1.93 bits per heavy atom. The van der Waals surface area contributed by atoms with Crippen LogP contribution in [0.15, 0.2) is 30.3 Å². The fourth-order valence-electron chi connectivity index (χ4n) is 4.19. The van der Waals surface area contributed by atoms with Crippen LogP contribution in [0.5, 0.6) is 0 Å². The van der Waals surface area contributed by atoms with Gasteiger partial charge in [0.05, 0.1) is 37.7 Å². The van der Waals surface area contributed by atoms with Crippen molar-refractivity contribution >= 4 is 27.7 Å². The Balaban J connectivity index is 1.37. The molecule has 0 aliphatic carbocycles. The van der Waals surface area contributed by atoms with Gasteiger partial charge in [-0.3, -0.25) is 0 Å². The van der Waals surface area contributed by atoms with Crippen LogP contribution in [0.1, 0.15) is 12.2 Å². The van der Waals surface area contributed by atoms with E-state index >= 15 is 0 Å². The summed E-state index contributed by atoms with van der Waals surface area (Å²) >= 11 is 5.59. The van der Waals surface area contributed by atoms with Crippen LogP contribution in [0.3, 0.4) is 0 Å². The van der Waals surface area contributed by atoms with E-state index in [0.717, 1.165) is 45.1 Å². The summed E-state index contributed by atoms with van der Waals surface area (Å²) in [4.78, 5) is 3.89. The van der Waals surface area contributed by atoms with Gasteiger partial charge in [-0.05, 0) is 36.7 Å². The van der Waals surface area contributed by atoms with E-state index < -0.39 is 9.84 Å². The van der Waals surface area contributed by atoms with Crippen molar-refractivity contribution in [1.82, 2.24) is 14.3 Å². The molecule has 1 aromatic heterocycles. The summed E-state index contributed by atoms with van der Waals surface area (Å²) < 4.78 is 28.0. The van der Waals surface area contributed by atoms with Gasteiger partial charge in [-0.1, -0.05) is 18.2 Å². The van der Waals surface area contributed by atoms with Gasteiger partial charge in [0.1, 0.15) is 5.82 Å². The first kappa shape index (κ1) is 19.6. The van der Waals surface area contributed by atoms with E-state index in [9.17, 15) is 8.42 Å². The third-order valence-corrected chi connectivity index (χ3v) is 8.22. The molecular formula is C19H28N5O2S2+. The number of benzene rings is 1. The Morgan fingerprint density at radius 3 is 2.57 bits per heavy atom. The minimum Gasteiger partial charge on any atom is -0.360 e. The van der Waals surface area contributed by atoms with Crippen molar-refractivity contribution in [2.45, 2.75) is 19.5 Å². The van der Waals surface area contributed by atoms with Crippen LogP contribution in [0.2, 0.25) is 0 Å². The van der Waals surface area contributed by atoms with Crippen molar-refractivity contribution in [2.24, 2.45) is 13.0 Å². The molecule has 0 radical (unpaired) electrons. The van der Waals surface area contributed by atoms with E-state index in [4.69, 9.17) is 17.3 Å². The van der Waals surface area contributed by atoms with Crippen LogP contribution in [0, 0.1) is 10.7 Å². The predicted octanol–water partition coefficient (Wildman–Crippen LogP) is 0.291. The van der Waals surface area contributed by atoms with Gasteiger partial charge in [0, 0.05) is 19.2 Å². The number of quaternary nitrogens is 1. The number of sulfone groups is 1. The van der Waals surface area contributed by atoms with Crippen molar-refractivity contribution in [1.29, 1.82) is 0 Å². The summed E-state index contributed by atoms with van der Waals surface area (Å²) in [6.45, 7) is 4.89. The Morgan fingerprint density at radius 1 is 1.21 bits per heavy atom. The van der Waals surface area contributed by atoms with Crippen molar-refractivity contribution in [3.05, 3.63) is 40.9 Å². The first-order valence-electron chi connectivity index (χ1n) is 9.88. The fraction of sp³-hybridized carbons (Fsp3) is 0.579. The molecule has 1 N–H and O–H groups in total. The molecule has 0 saturated carbocycles. The normalized spacial score (nSPS) is 22.6. The number of hydrogen-bond acceptors (Lipinski definition) is 5. The van der Waals surface area contributed by atoms with Gasteiger partial charge in [-0.25, -0.2) is 8.42 Å². The molecular weight excluding hydrogens is 394 g/mol. The molecule has 1 atom stereocenters. The number of anilines is 1. The van der Waals surface area contributed by atoms with E-state index in [1.165, 1.54) is 10.6 Å². The van der Waals surface area contributed by atoms with Crippen LogP contribution in [-0.2, 0) is 30.0 Å². The molecule has 28 heavy (non-hydrogen) atoms. The number of nitrogens with one attached hydrogen (secondary N) is 1. The predicted molar refractivity (Wildman–Crippen MR) is 112 cm³/mol. The van der Waals surface area contributed by atoms with Crippen molar-refractivity contribution in [3.63, 3.8) is 0 Å². The van der Waals surface area contributed by atoms with Crippen LogP contribution < -0.4 is 9.80 Å². The minimum atomic E-state index is -2.86. The maximum atomic E-state index is 11.7. The lowest BCUT2D eigenvalue weighted by Gasteiger charge is -2.33. The maximum Gasteiger partial charge on any atom is 0.202 e. The lowest BCUT2D eigenvalue weighted by atomic mass is 10.1. The zero-order valence-electron chi connectivity index (χ0n) is 16.2. The molecule has 0 amide bonds. The molecule has 2 aliphatic rings. The third kappa shape index (κ3) is 4.31. The molecule has 2 saturated heterocycles. The van der Waals surface area contributed by atoms with E-state index in [0.29, 0.717) is 16.9 Å². The number of rotatable bonds is 5. The second-order valence-corrected chi connectivity index (χ2v) is 10.6. The second-order valence-electron chi connectivity index (χ2n) is 7.96. The Labute approximate surface area is 171 Å². The molecule has 0 bridgehead atoms. The van der Waals surface area contributed by atoms with Crippen LogP contribution in [0.4, 0.5) is 5.69 Å². The quantitative estimate of drug-likeness (QED) is 0.702. The molecule has 3 heterocycles. The zero-order valence-corrected chi connectivity index (χ0v) is 17.9. The third-order valence-electron chi connectivity index (χ3n) is 5.89. The summed E-state index contributed by atoms with van der Waals surface area (Å²) in [6.07, 6.45) is 1.41. The van der Waals surface area contributed by atoms with Gasteiger partial charge in [0.2, 0.25) is 4.77 Å². The Hall–Kier alpha value is -1.71. The molecule has 0 unspecified atom stereocenters. The highest BCUT2D eigenvalue weighted by Gasteiger charge is 2.29. The molecule has 1 aromatic carbocycles. The van der Waals surface area contributed by atoms with E-state index in [1.807, 2.05) is 22.4 Å². The topological polar surface area (TPSA) is 64.6 Å². The van der Waals surface area contributed by atoms with Gasteiger partial charge in [0.25, 0.3) is 0 Å². The highest BCUT2D eigenvalue weighted by molar-refractivity contribution is 7.91. The van der Waals surface area contributed by atoms with Crippen molar-refractivity contribution < 1.29 is 13.3 Å². The molecule has 0 spiro atoms. The summed E-state index contributed by atoms with van der Waals surface area (Å²) in [5.74, 6) is 1.64. The first-order valence-corrected chi connectivity index (χ1v) is 12.1. The second kappa shape index (κ2) is 7.96. The summed E-state index contributed by atoms with van der Waals surface area (Å²) in [5, 5.41) is 4.74. The molecule has 152 valence electrons. The minimum absolute atomic E-state index is 0.163. The molecule has 2 aromatic rings. The number of aromatic nitrogens is 3. The Kier molecular flexibility index (Phi) is 5.57. The molecule has 2 aliphatic heterocycles. The van der Waals surface area contributed by atoms with E-state index in [2.05, 4.69) is 29.2 Å². The molecule has 4 rings (SSSR count). The number of para-hydroxylation sites is 1. The van der Waals surface area contributed by atoms with Crippen LogP contribution >= 0.6 is 12.2 Å². The SMILES string of the molecule is Cn1c(C[C@H]2CCS(=O)(=O)C2)nn(C[NH+]2CCN(c3ccccc3)CC2)c1=S.